The first-order valence-electron chi connectivity index (χ1n) is 12.8. The predicted molar refractivity (Wildman–Crippen MR) is 152 cm³/mol. The topological polar surface area (TPSA) is 110 Å². The highest BCUT2D eigenvalue weighted by atomic mass is 35.5. The first-order valence-corrected chi connectivity index (χ1v) is 14.7. The van der Waals surface area contributed by atoms with E-state index in [9.17, 15) is 23.1 Å². The van der Waals surface area contributed by atoms with E-state index in [1.54, 1.807) is 64.1 Å². The number of carbonyl (C=O) groups excluding carboxylic acids is 2. The third kappa shape index (κ3) is 8.81. The van der Waals surface area contributed by atoms with E-state index in [2.05, 4.69) is 0 Å². The zero-order valence-electron chi connectivity index (χ0n) is 23.0. The van der Waals surface area contributed by atoms with Crippen molar-refractivity contribution < 1.29 is 32.6 Å². The Bertz CT molecular complexity index is 1420. The normalized spacial score (nSPS) is 12.4. The molecule has 0 saturated heterocycles. The number of carbonyl (C=O) groups is 2. The van der Waals surface area contributed by atoms with Gasteiger partial charge in [0.05, 0.1) is 22.4 Å². The Balaban J connectivity index is 1.71. The van der Waals surface area contributed by atoms with Crippen molar-refractivity contribution in [1.29, 1.82) is 0 Å². The maximum atomic E-state index is 13.1. The van der Waals surface area contributed by atoms with Crippen LogP contribution >= 0.6 is 11.6 Å². The van der Waals surface area contributed by atoms with Gasteiger partial charge in [-0.15, -0.1) is 0 Å². The highest BCUT2D eigenvalue weighted by Gasteiger charge is 2.25. The molecule has 3 aromatic rings. The first kappa shape index (κ1) is 31.1. The molecule has 0 aliphatic heterocycles. The van der Waals surface area contributed by atoms with Crippen LogP contribution < -0.4 is 4.74 Å². The quantitative estimate of drug-likeness (QED) is 0.229. The van der Waals surface area contributed by atoms with E-state index in [0.29, 0.717) is 17.0 Å². The van der Waals surface area contributed by atoms with Crippen LogP contribution in [0.2, 0.25) is 5.02 Å². The smallest absolute Gasteiger partial charge is 0.410 e. The predicted octanol–water partition coefficient (Wildman–Crippen LogP) is 6.00. The standard InChI is InChI=1S/C30H34ClNO7S/c1-5-28(34)38-24-11-15-26(16-12-24)40(36,37)25-13-9-21(10-14-25)17-18-32(29(35)39-30(2,3)4)20-27(33)22-7-6-8-23(31)19-22/h6-16,19,27,33H,5,17-18,20H2,1-4H3. The van der Waals surface area contributed by atoms with Crippen molar-refractivity contribution >= 4 is 33.5 Å². The molecule has 0 spiro atoms. The van der Waals surface area contributed by atoms with Gasteiger partial charge in [0.1, 0.15) is 11.4 Å². The number of benzene rings is 3. The molecular weight excluding hydrogens is 554 g/mol. The number of amides is 1. The monoisotopic (exact) mass is 587 g/mol. The van der Waals surface area contributed by atoms with Crippen molar-refractivity contribution in [2.75, 3.05) is 13.1 Å². The fourth-order valence-corrected chi connectivity index (χ4v) is 5.20. The van der Waals surface area contributed by atoms with Gasteiger partial charge < -0.3 is 19.5 Å². The van der Waals surface area contributed by atoms with Crippen LogP contribution in [0.1, 0.15) is 51.3 Å². The fourth-order valence-electron chi connectivity index (χ4n) is 3.74. The van der Waals surface area contributed by atoms with Crippen molar-refractivity contribution in [2.45, 2.75) is 62.0 Å². The summed E-state index contributed by atoms with van der Waals surface area (Å²) in [5, 5.41) is 11.2. The Morgan fingerprint density at radius 3 is 2.12 bits per heavy atom. The molecule has 3 rings (SSSR count). The summed E-state index contributed by atoms with van der Waals surface area (Å²) in [6, 6.07) is 18.9. The number of halogens is 1. The zero-order valence-corrected chi connectivity index (χ0v) is 24.5. The molecule has 0 heterocycles. The van der Waals surface area contributed by atoms with E-state index in [1.165, 1.54) is 41.3 Å². The summed E-state index contributed by atoms with van der Waals surface area (Å²) in [5.41, 5.74) is 0.654. The number of sulfone groups is 1. The van der Waals surface area contributed by atoms with E-state index in [1.807, 2.05) is 0 Å². The van der Waals surface area contributed by atoms with Crippen LogP contribution in [-0.4, -0.2) is 49.2 Å². The third-order valence-electron chi connectivity index (χ3n) is 5.84. The summed E-state index contributed by atoms with van der Waals surface area (Å²) in [6.07, 6.45) is -0.930. The van der Waals surface area contributed by atoms with Crippen LogP contribution in [0.4, 0.5) is 4.79 Å². The van der Waals surface area contributed by atoms with E-state index in [-0.39, 0.29) is 35.1 Å². The molecule has 0 bridgehead atoms. The van der Waals surface area contributed by atoms with Crippen molar-refractivity contribution in [3.63, 3.8) is 0 Å². The second kappa shape index (κ2) is 13.3. The largest absolute Gasteiger partial charge is 0.444 e. The SMILES string of the molecule is CCC(=O)Oc1ccc(S(=O)(=O)c2ccc(CCN(CC(O)c3cccc(Cl)c3)C(=O)OC(C)(C)C)cc2)cc1. The minimum absolute atomic E-state index is 0.00865. The highest BCUT2D eigenvalue weighted by molar-refractivity contribution is 7.91. The molecule has 0 fully saturated rings. The number of ether oxygens (including phenoxy) is 2. The Morgan fingerprint density at radius 1 is 0.975 bits per heavy atom. The molecule has 10 heteroatoms. The van der Waals surface area contributed by atoms with Crippen molar-refractivity contribution in [3.05, 3.63) is 88.9 Å². The molecule has 40 heavy (non-hydrogen) atoms. The molecular formula is C30H34ClNO7S. The lowest BCUT2D eigenvalue weighted by atomic mass is 10.1. The van der Waals surface area contributed by atoms with Crippen molar-refractivity contribution in [2.24, 2.45) is 0 Å². The number of hydrogen-bond acceptors (Lipinski definition) is 7. The van der Waals surface area contributed by atoms with Crippen molar-refractivity contribution in [1.82, 2.24) is 4.90 Å². The Kier molecular flexibility index (Phi) is 10.4. The van der Waals surface area contributed by atoms with Gasteiger partial charge in [0, 0.05) is 18.0 Å². The molecule has 1 unspecified atom stereocenters. The number of esters is 1. The first-order chi connectivity index (χ1) is 18.8. The second-order valence-corrected chi connectivity index (χ2v) is 12.6. The molecule has 3 aromatic carbocycles. The van der Waals surface area contributed by atoms with E-state index < -0.39 is 33.6 Å². The van der Waals surface area contributed by atoms with E-state index in [4.69, 9.17) is 21.1 Å². The summed E-state index contributed by atoms with van der Waals surface area (Å²) in [5.74, 6) is -0.133. The minimum Gasteiger partial charge on any atom is -0.444 e. The van der Waals surface area contributed by atoms with Crippen LogP contribution in [0.25, 0.3) is 0 Å². The number of rotatable bonds is 10. The maximum absolute atomic E-state index is 13.1. The highest BCUT2D eigenvalue weighted by Crippen LogP contribution is 2.25. The molecule has 214 valence electrons. The molecule has 1 N–H and O–H groups in total. The molecule has 1 amide bonds. The summed E-state index contributed by atoms with van der Waals surface area (Å²) in [6.45, 7) is 7.19. The summed E-state index contributed by atoms with van der Waals surface area (Å²) >= 11 is 6.05. The molecule has 0 aliphatic rings. The Labute approximate surface area is 240 Å². The molecule has 1 atom stereocenters. The molecule has 0 aromatic heterocycles. The Morgan fingerprint density at radius 2 is 1.57 bits per heavy atom. The second-order valence-electron chi connectivity index (χ2n) is 10.2. The van der Waals surface area contributed by atoms with Crippen LogP contribution in [0, 0.1) is 0 Å². The van der Waals surface area contributed by atoms with Crippen LogP contribution in [0.3, 0.4) is 0 Å². The van der Waals surface area contributed by atoms with Gasteiger partial charge in [0.25, 0.3) is 0 Å². The minimum atomic E-state index is -3.79. The van der Waals surface area contributed by atoms with Gasteiger partial charge in [-0.2, -0.15) is 0 Å². The average molecular weight is 588 g/mol. The van der Waals surface area contributed by atoms with Gasteiger partial charge >= 0.3 is 12.1 Å². The van der Waals surface area contributed by atoms with Gasteiger partial charge in [-0.1, -0.05) is 42.8 Å². The van der Waals surface area contributed by atoms with Crippen molar-refractivity contribution in [3.8, 4) is 5.75 Å². The van der Waals surface area contributed by atoms with Gasteiger partial charge in [-0.25, -0.2) is 13.2 Å². The lowest BCUT2D eigenvalue weighted by Gasteiger charge is -2.29. The van der Waals surface area contributed by atoms with Crippen LogP contribution in [0.15, 0.2) is 82.6 Å². The molecule has 0 aliphatic carbocycles. The average Bonchev–Trinajstić information content (AvgIpc) is 2.90. The summed E-state index contributed by atoms with van der Waals surface area (Å²) in [4.78, 5) is 26.0. The van der Waals surface area contributed by atoms with Gasteiger partial charge in [0.2, 0.25) is 9.84 Å². The maximum Gasteiger partial charge on any atom is 0.410 e. The van der Waals surface area contributed by atoms with E-state index in [0.717, 1.165) is 5.56 Å². The molecule has 8 nitrogen and oxygen atoms in total. The number of hydrogen-bond donors (Lipinski definition) is 1. The Hall–Kier alpha value is -3.40. The van der Waals surface area contributed by atoms with Gasteiger partial charge in [-0.3, -0.25) is 4.79 Å². The van der Waals surface area contributed by atoms with Gasteiger partial charge in [-0.05, 0) is 86.8 Å². The lowest BCUT2D eigenvalue weighted by Crippen LogP contribution is -2.40. The van der Waals surface area contributed by atoms with Gasteiger partial charge in [0.15, 0.2) is 0 Å². The van der Waals surface area contributed by atoms with Crippen LogP contribution in [0.5, 0.6) is 5.75 Å². The number of aliphatic hydroxyl groups excluding tert-OH is 1. The molecule has 0 radical (unpaired) electrons. The van der Waals surface area contributed by atoms with Crippen LogP contribution in [-0.2, 0) is 25.8 Å². The molecule has 0 saturated carbocycles. The summed E-state index contributed by atoms with van der Waals surface area (Å²) in [7, 11) is -3.79. The number of aliphatic hydroxyl groups is 1. The summed E-state index contributed by atoms with van der Waals surface area (Å²) < 4.78 is 36.8. The number of nitrogens with zero attached hydrogens (tertiary/aromatic N) is 1. The van der Waals surface area contributed by atoms with E-state index >= 15 is 0 Å². The lowest BCUT2D eigenvalue weighted by molar-refractivity contribution is -0.134. The fraction of sp³-hybridized carbons (Fsp3) is 0.333. The zero-order chi connectivity index (χ0) is 29.5. The third-order valence-corrected chi connectivity index (χ3v) is 7.86.